The van der Waals surface area contributed by atoms with Gasteiger partial charge in [0.15, 0.2) is 0 Å². The highest BCUT2D eigenvalue weighted by Gasteiger charge is 2.35. The first-order valence-electron chi connectivity index (χ1n) is 8.52. The molecule has 0 radical (unpaired) electrons. The van der Waals surface area contributed by atoms with Gasteiger partial charge in [-0.25, -0.2) is 14.4 Å². The van der Waals surface area contributed by atoms with Gasteiger partial charge in [-0.2, -0.15) is 0 Å². The number of fused-ring (bicyclic) bond motifs is 1. The SMILES string of the molecule is O=C1C[C@H](C(=O)N2CCN(c3ncccn3)CC2)c2ccc(F)cc2N1. The van der Waals surface area contributed by atoms with Gasteiger partial charge in [0.2, 0.25) is 17.8 Å². The third-order valence-corrected chi connectivity index (χ3v) is 4.78. The average Bonchev–Trinajstić information content (AvgIpc) is 2.67. The number of piperazine rings is 1. The number of nitrogens with zero attached hydrogens (tertiary/aromatic N) is 4. The van der Waals surface area contributed by atoms with E-state index in [0.717, 1.165) is 0 Å². The minimum absolute atomic E-state index is 0.0828. The lowest BCUT2D eigenvalue weighted by Gasteiger charge is -2.37. The molecule has 2 aliphatic heterocycles. The van der Waals surface area contributed by atoms with Crippen molar-refractivity contribution in [2.45, 2.75) is 12.3 Å². The molecular weight excluding hydrogens is 337 g/mol. The second kappa shape index (κ2) is 6.70. The Morgan fingerprint density at radius 1 is 1.15 bits per heavy atom. The number of hydrogen-bond donors (Lipinski definition) is 1. The van der Waals surface area contributed by atoms with Gasteiger partial charge in [0, 0.05) is 50.7 Å². The van der Waals surface area contributed by atoms with Crippen LogP contribution in [0.1, 0.15) is 17.9 Å². The summed E-state index contributed by atoms with van der Waals surface area (Å²) in [7, 11) is 0. The molecule has 1 atom stereocenters. The van der Waals surface area contributed by atoms with Crippen LogP contribution in [0.25, 0.3) is 0 Å². The Bertz CT molecular complexity index is 837. The van der Waals surface area contributed by atoms with Crippen molar-refractivity contribution in [1.29, 1.82) is 0 Å². The molecule has 0 saturated carbocycles. The summed E-state index contributed by atoms with van der Waals surface area (Å²) in [6, 6.07) is 5.93. The van der Waals surface area contributed by atoms with Gasteiger partial charge in [0.05, 0.1) is 5.92 Å². The number of carbonyl (C=O) groups is 2. The van der Waals surface area contributed by atoms with E-state index in [0.29, 0.717) is 43.4 Å². The number of rotatable bonds is 2. The van der Waals surface area contributed by atoms with Gasteiger partial charge in [-0.15, -0.1) is 0 Å². The lowest BCUT2D eigenvalue weighted by Crippen LogP contribution is -2.51. The van der Waals surface area contributed by atoms with Gasteiger partial charge < -0.3 is 15.1 Å². The van der Waals surface area contributed by atoms with Gasteiger partial charge in [-0.1, -0.05) is 6.07 Å². The summed E-state index contributed by atoms with van der Waals surface area (Å²) >= 11 is 0. The van der Waals surface area contributed by atoms with E-state index in [1.807, 2.05) is 4.90 Å². The van der Waals surface area contributed by atoms with Crippen molar-refractivity contribution in [2.24, 2.45) is 0 Å². The molecule has 1 saturated heterocycles. The van der Waals surface area contributed by atoms with Crippen LogP contribution in [-0.4, -0.2) is 52.9 Å². The Balaban J connectivity index is 1.48. The smallest absolute Gasteiger partial charge is 0.230 e. The van der Waals surface area contributed by atoms with E-state index in [9.17, 15) is 14.0 Å². The highest BCUT2D eigenvalue weighted by Crippen LogP contribution is 2.34. The molecule has 0 bridgehead atoms. The highest BCUT2D eigenvalue weighted by atomic mass is 19.1. The van der Waals surface area contributed by atoms with E-state index in [-0.39, 0.29) is 18.2 Å². The zero-order chi connectivity index (χ0) is 18.1. The molecule has 0 aliphatic carbocycles. The molecule has 2 aliphatic rings. The summed E-state index contributed by atoms with van der Waals surface area (Å²) in [5.41, 5.74) is 1.06. The molecule has 0 unspecified atom stereocenters. The largest absolute Gasteiger partial charge is 0.339 e. The van der Waals surface area contributed by atoms with Crippen LogP contribution in [-0.2, 0) is 9.59 Å². The van der Waals surface area contributed by atoms with Gasteiger partial charge >= 0.3 is 0 Å². The molecule has 1 aromatic carbocycles. The first-order valence-corrected chi connectivity index (χ1v) is 8.52. The second-order valence-corrected chi connectivity index (χ2v) is 6.40. The minimum atomic E-state index is -0.570. The molecule has 1 aromatic heterocycles. The standard InChI is InChI=1S/C18H18FN5O2/c19-12-2-3-13-14(11-16(25)22-15(13)10-12)17(26)23-6-8-24(9-7-23)18-20-4-1-5-21-18/h1-5,10,14H,6-9,11H2,(H,22,25)/t14-/m0/s1. The lowest BCUT2D eigenvalue weighted by atomic mass is 9.89. The van der Waals surface area contributed by atoms with E-state index in [1.165, 1.54) is 12.1 Å². The molecule has 134 valence electrons. The topological polar surface area (TPSA) is 78.4 Å². The number of amides is 2. The fourth-order valence-electron chi connectivity index (χ4n) is 3.46. The normalized spacial score (nSPS) is 19.7. The fourth-order valence-corrected chi connectivity index (χ4v) is 3.46. The van der Waals surface area contributed by atoms with E-state index in [2.05, 4.69) is 15.3 Å². The summed E-state index contributed by atoms with van der Waals surface area (Å²) in [4.78, 5) is 37.2. The number of nitrogens with one attached hydrogen (secondary N) is 1. The molecule has 3 heterocycles. The molecule has 26 heavy (non-hydrogen) atoms. The molecule has 4 rings (SSSR count). The van der Waals surface area contributed by atoms with Crippen molar-refractivity contribution in [3.8, 4) is 0 Å². The molecular formula is C18H18FN5O2. The molecule has 1 fully saturated rings. The average molecular weight is 355 g/mol. The van der Waals surface area contributed by atoms with Gasteiger partial charge in [-0.05, 0) is 23.8 Å². The molecule has 7 nitrogen and oxygen atoms in total. The first kappa shape index (κ1) is 16.4. The van der Waals surface area contributed by atoms with Crippen LogP contribution in [0.2, 0.25) is 0 Å². The van der Waals surface area contributed by atoms with Crippen molar-refractivity contribution >= 4 is 23.5 Å². The van der Waals surface area contributed by atoms with E-state index in [1.54, 1.807) is 29.4 Å². The van der Waals surface area contributed by atoms with Gasteiger partial charge in [-0.3, -0.25) is 9.59 Å². The lowest BCUT2D eigenvalue weighted by molar-refractivity contribution is -0.135. The van der Waals surface area contributed by atoms with Crippen molar-refractivity contribution in [2.75, 3.05) is 36.4 Å². The number of halogens is 1. The van der Waals surface area contributed by atoms with Crippen LogP contribution in [0.4, 0.5) is 16.0 Å². The van der Waals surface area contributed by atoms with E-state index < -0.39 is 11.7 Å². The Labute approximate surface area is 149 Å². The van der Waals surface area contributed by atoms with Crippen LogP contribution in [0.3, 0.4) is 0 Å². The number of carbonyl (C=O) groups excluding carboxylic acids is 2. The zero-order valence-corrected chi connectivity index (χ0v) is 14.1. The minimum Gasteiger partial charge on any atom is -0.339 e. The summed E-state index contributed by atoms with van der Waals surface area (Å²) in [5, 5.41) is 2.64. The molecule has 0 spiro atoms. The van der Waals surface area contributed by atoms with Crippen LogP contribution in [0, 0.1) is 5.82 Å². The monoisotopic (exact) mass is 355 g/mol. The third-order valence-electron chi connectivity index (χ3n) is 4.78. The molecule has 8 heteroatoms. The third kappa shape index (κ3) is 3.10. The summed E-state index contributed by atoms with van der Waals surface area (Å²) < 4.78 is 13.4. The maximum Gasteiger partial charge on any atom is 0.230 e. The van der Waals surface area contributed by atoms with E-state index >= 15 is 0 Å². The second-order valence-electron chi connectivity index (χ2n) is 6.40. The van der Waals surface area contributed by atoms with Crippen LogP contribution < -0.4 is 10.2 Å². The molecule has 2 aromatic rings. The van der Waals surface area contributed by atoms with Crippen LogP contribution in [0.15, 0.2) is 36.7 Å². The zero-order valence-electron chi connectivity index (χ0n) is 14.1. The number of anilines is 2. The van der Waals surface area contributed by atoms with Crippen molar-refractivity contribution in [1.82, 2.24) is 14.9 Å². The Kier molecular flexibility index (Phi) is 4.24. The maximum atomic E-state index is 13.4. The summed E-state index contributed by atoms with van der Waals surface area (Å²) in [6.45, 7) is 2.33. The molecule has 2 amide bonds. The number of aromatic nitrogens is 2. The van der Waals surface area contributed by atoms with Crippen molar-refractivity contribution < 1.29 is 14.0 Å². The number of benzene rings is 1. The molecule has 1 N–H and O–H groups in total. The Morgan fingerprint density at radius 2 is 1.88 bits per heavy atom. The quantitative estimate of drug-likeness (QED) is 0.881. The van der Waals surface area contributed by atoms with Crippen LogP contribution >= 0.6 is 0 Å². The van der Waals surface area contributed by atoms with Gasteiger partial charge in [0.1, 0.15) is 5.82 Å². The van der Waals surface area contributed by atoms with E-state index in [4.69, 9.17) is 0 Å². The Hall–Kier alpha value is -3.03. The highest BCUT2D eigenvalue weighted by molar-refractivity contribution is 6.01. The predicted octanol–water partition coefficient (Wildman–Crippen LogP) is 1.39. The predicted molar refractivity (Wildman–Crippen MR) is 93.2 cm³/mol. The summed E-state index contributed by atoms with van der Waals surface area (Å²) in [6.07, 6.45) is 3.46. The van der Waals surface area contributed by atoms with Crippen molar-refractivity contribution in [3.05, 3.63) is 48.0 Å². The fraction of sp³-hybridized carbons (Fsp3) is 0.333. The first-order chi connectivity index (χ1) is 12.6. The Morgan fingerprint density at radius 3 is 2.62 bits per heavy atom. The summed E-state index contributed by atoms with van der Waals surface area (Å²) in [5.74, 6) is -0.718. The number of hydrogen-bond acceptors (Lipinski definition) is 5. The van der Waals surface area contributed by atoms with Gasteiger partial charge in [0.25, 0.3) is 0 Å². The maximum absolute atomic E-state index is 13.4. The van der Waals surface area contributed by atoms with Crippen molar-refractivity contribution in [3.63, 3.8) is 0 Å². The van der Waals surface area contributed by atoms with Crippen LogP contribution in [0.5, 0.6) is 0 Å².